The monoisotopic (exact) mass is 548 g/mol. The van der Waals surface area contributed by atoms with Crippen molar-refractivity contribution in [2.45, 2.75) is 24.8 Å². The Kier molecular flexibility index (Phi) is 9.26. The van der Waals surface area contributed by atoms with Crippen LogP contribution in [0.3, 0.4) is 0 Å². The van der Waals surface area contributed by atoms with Crippen molar-refractivity contribution in [1.82, 2.24) is 14.5 Å². The molecule has 2 heterocycles. The van der Waals surface area contributed by atoms with E-state index in [1.165, 1.54) is 35.6 Å². The largest absolute Gasteiger partial charge is 0.453 e. The number of methoxy groups -OCH3 is 1. The predicted octanol–water partition coefficient (Wildman–Crippen LogP) is 2.16. The maximum Gasteiger partial charge on any atom is 0.413 e. The molecule has 14 heteroatoms. The van der Waals surface area contributed by atoms with Crippen LogP contribution >= 0.6 is 11.3 Å². The molecule has 3 rings (SSSR count). The molecule has 12 nitrogen and oxygen atoms in total. The van der Waals surface area contributed by atoms with Gasteiger partial charge in [-0.15, -0.1) is 11.3 Å². The van der Waals surface area contributed by atoms with Crippen molar-refractivity contribution >= 4 is 56.7 Å². The Morgan fingerprint density at radius 2 is 1.78 bits per heavy atom. The first-order valence-corrected chi connectivity index (χ1v) is 13.6. The summed E-state index contributed by atoms with van der Waals surface area (Å²) in [6.45, 7) is 3.83. The van der Waals surface area contributed by atoms with Gasteiger partial charge in [-0.2, -0.15) is 4.31 Å². The van der Waals surface area contributed by atoms with Crippen LogP contribution in [-0.2, 0) is 27.7 Å². The number of imide groups is 1. The van der Waals surface area contributed by atoms with Crippen LogP contribution in [0, 0.1) is 10.8 Å². The van der Waals surface area contributed by atoms with Crippen LogP contribution in [0.5, 0.6) is 0 Å². The number of sulfonamides is 1. The van der Waals surface area contributed by atoms with E-state index in [-0.39, 0.29) is 34.1 Å². The van der Waals surface area contributed by atoms with Crippen molar-refractivity contribution in [2.75, 3.05) is 38.6 Å². The van der Waals surface area contributed by atoms with Gasteiger partial charge < -0.3 is 20.9 Å². The van der Waals surface area contributed by atoms with E-state index in [2.05, 4.69) is 20.3 Å². The van der Waals surface area contributed by atoms with Crippen LogP contribution < -0.4 is 10.6 Å². The van der Waals surface area contributed by atoms with E-state index in [0.29, 0.717) is 13.0 Å². The summed E-state index contributed by atoms with van der Waals surface area (Å²) < 4.78 is 31.1. The van der Waals surface area contributed by atoms with Gasteiger partial charge in [0, 0.05) is 49.0 Å². The molecule has 0 unspecified atom stereocenters. The second-order valence-corrected chi connectivity index (χ2v) is 11.0. The summed E-state index contributed by atoms with van der Waals surface area (Å²) in [5, 5.41) is 19.6. The first-order chi connectivity index (χ1) is 17.7. The number of likely N-dealkylation sites (N-methyl/N-ethyl adjacent to an activating group) is 1. The normalized spacial score (nSPS) is 13.5. The Morgan fingerprint density at radius 1 is 1.14 bits per heavy atom. The van der Waals surface area contributed by atoms with Gasteiger partial charge in [-0.05, 0) is 42.8 Å². The number of hydrogen-bond acceptors (Lipinski definition) is 10. The molecule has 2 aromatic rings. The Hall–Kier alpha value is -3.46. The van der Waals surface area contributed by atoms with Crippen LogP contribution in [0.2, 0.25) is 0 Å². The molecule has 0 bridgehead atoms. The fourth-order valence-electron chi connectivity index (χ4n) is 3.84. The first kappa shape index (κ1) is 28.1. The number of amides is 3. The summed E-state index contributed by atoms with van der Waals surface area (Å²) in [4.78, 5) is 40.6. The number of fused-ring (bicyclic) bond motifs is 1. The molecule has 198 valence electrons. The lowest BCUT2D eigenvalue weighted by Crippen LogP contribution is -2.34. The van der Waals surface area contributed by atoms with Gasteiger partial charge >= 0.3 is 6.09 Å². The van der Waals surface area contributed by atoms with E-state index in [9.17, 15) is 22.8 Å². The molecule has 37 heavy (non-hydrogen) atoms. The van der Waals surface area contributed by atoms with Crippen molar-refractivity contribution in [3.8, 4) is 0 Å². The number of anilines is 1. The molecule has 1 aromatic heterocycles. The number of thiophene rings is 1. The summed E-state index contributed by atoms with van der Waals surface area (Å²) in [6, 6.07) is 5.23. The molecule has 0 spiro atoms. The molecule has 4 N–H and O–H groups in total. The van der Waals surface area contributed by atoms with E-state index in [1.807, 2.05) is 6.92 Å². The van der Waals surface area contributed by atoms with Crippen LogP contribution in [0.1, 0.15) is 38.1 Å². The molecular weight excluding hydrogens is 520 g/mol. The molecule has 0 radical (unpaired) electrons. The zero-order valence-electron chi connectivity index (χ0n) is 20.4. The minimum atomic E-state index is -3.97. The second-order valence-electron chi connectivity index (χ2n) is 7.98. The molecule has 0 atom stereocenters. The van der Waals surface area contributed by atoms with Gasteiger partial charge in [0.15, 0.2) is 0 Å². The van der Waals surface area contributed by atoms with Gasteiger partial charge in [-0.3, -0.25) is 19.8 Å². The minimum Gasteiger partial charge on any atom is -0.453 e. The lowest BCUT2D eigenvalue weighted by atomic mass is 10.0. The van der Waals surface area contributed by atoms with Crippen LogP contribution in [-0.4, -0.2) is 81.2 Å². The third-order valence-corrected chi connectivity index (χ3v) is 8.76. The number of carbonyl (C=O) groups excluding carboxylic acids is 3. The topological polar surface area (TPSA) is 173 Å². The van der Waals surface area contributed by atoms with Gasteiger partial charge in [0.05, 0.1) is 17.6 Å². The fraction of sp³-hybridized carbons (Fsp3) is 0.348. The quantitative estimate of drug-likeness (QED) is 0.329. The summed E-state index contributed by atoms with van der Waals surface area (Å²) >= 11 is 1.26. The molecule has 1 aliphatic heterocycles. The number of nitrogens with one attached hydrogen (secondary N) is 4. The van der Waals surface area contributed by atoms with Crippen LogP contribution in [0.4, 0.5) is 9.80 Å². The van der Waals surface area contributed by atoms with Crippen molar-refractivity contribution in [3.05, 3.63) is 45.8 Å². The third kappa shape index (κ3) is 6.28. The van der Waals surface area contributed by atoms with Crippen molar-refractivity contribution in [2.24, 2.45) is 0 Å². The highest BCUT2D eigenvalue weighted by Gasteiger charge is 2.30. The Bertz CT molecular complexity index is 1300. The summed E-state index contributed by atoms with van der Waals surface area (Å²) in [7, 11) is -2.82. The lowest BCUT2D eigenvalue weighted by molar-refractivity contribution is 0.0936. The molecule has 1 aliphatic rings. The van der Waals surface area contributed by atoms with E-state index >= 15 is 0 Å². The SMILES string of the molecule is CCN1CCc2c(sc(NC(=O)c3ccc(S(=O)(=O)N(CC=N)CC=N)cc3)c2C(=O)NC(=O)OC)C1. The lowest BCUT2D eigenvalue weighted by Gasteiger charge is -2.25. The highest BCUT2D eigenvalue weighted by Crippen LogP contribution is 2.37. The zero-order valence-corrected chi connectivity index (χ0v) is 22.0. The molecule has 3 amide bonds. The minimum absolute atomic E-state index is 0.0860. The highest BCUT2D eigenvalue weighted by molar-refractivity contribution is 7.89. The van der Waals surface area contributed by atoms with Crippen molar-refractivity contribution in [3.63, 3.8) is 0 Å². The number of alkyl carbamates (subject to hydrolysis) is 1. The van der Waals surface area contributed by atoms with E-state index in [4.69, 9.17) is 10.8 Å². The molecule has 1 aromatic carbocycles. The number of benzene rings is 1. The maximum atomic E-state index is 13.0. The number of ether oxygens (including phenoxy) is 1. The van der Waals surface area contributed by atoms with Crippen LogP contribution in [0.15, 0.2) is 29.2 Å². The van der Waals surface area contributed by atoms with Crippen molar-refractivity contribution in [1.29, 1.82) is 10.8 Å². The third-order valence-electron chi connectivity index (χ3n) is 5.78. The Balaban J connectivity index is 1.88. The number of carbonyl (C=O) groups is 3. The van der Waals surface area contributed by atoms with Gasteiger partial charge in [-0.1, -0.05) is 6.92 Å². The van der Waals surface area contributed by atoms with Gasteiger partial charge in [0.2, 0.25) is 10.0 Å². The Morgan fingerprint density at radius 3 is 2.35 bits per heavy atom. The number of rotatable bonds is 10. The fourth-order valence-corrected chi connectivity index (χ4v) is 6.44. The van der Waals surface area contributed by atoms with Crippen molar-refractivity contribution < 1.29 is 27.5 Å². The van der Waals surface area contributed by atoms with E-state index < -0.39 is 27.9 Å². The van der Waals surface area contributed by atoms with Gasteiger partial charge in [0.25, 0.3) is 11.8 Å². The maximum absolute atomic E-state index is 13.0. The molecule has 0 aliphatic carbocycles. The average molecular weight is 549 g/mol. The molecule has 0 saturated carbocycles. The van der Waals surface area contributed by atoms with Gasteiger partial charge in [-0.25, -0.2) is 13.2 Å². The van der Waals surface area contributed by atoms with Crippen LogP contribution in [0.25, 0.3) is 0 Å². The molecular formula is C23H28N6O6S2. The second kappa shape index (κ2) is 12.2. The predicted molar refractivity (Wildman–Crippen MR) is 140 cm³/mol. The summed E-state index contributed by atoms with van der Waals surface area (Å²) in [6.07, 6.45) is 1.52. The summed E-state index contributed by atoms with van der Waals surface area (Å²) in [5.41, 5.74) is 1.14. The number of hydrogen-bond donors (Lipinski definition) is 4. The number of nitrogens with zero attached hydrogens (tertiary/aromatic N) is 2. The smallest absolute Gasteiger partial charge is 0.413 e. The standard InChI is InChI=1S/C23H28N6O6S2/c1-3-28-11-8-17-18(14-28)36-22(19(17)21(31)27-23(32)35-2)26-20(30)15-4-6-16(7-5-15)37(33,34)29(12-9-24)13-10-25/h4-7,9-10,24-25H,3,8,11-14H2,1-2H3,(H,26,30)(H,27,31,32). The van der Waals surface area contributed by atoms with Gasteiger partial charge in [0.1, 0.15) is 5.00 Å². The molecule has 0 fully saturated rings. The van der Waals surface area contributed by atoms with E-state index in [1.54, 1.807) is 0 Å². The first-order valence-electron chi connectivity index (χ1n) is 11.3. The average Bonchev–Trinajstić information content (AvgIpc) is 3.25. The molecule has 0 saturated heterocycles. The highest BCUT2D eigenvalue weighted by atomic mass is 32.2. The summed E-state index contributed by atoms with van der Waals surface area (Å²) in [5.74, 6) is -1.23. The zero-order chi connectivity index (χ0) is 27.2. The Labute approximate surface area is 218 Å². The van der Waals surface area contributed by atoms with E-state index in [0.717, 1.165) is 47.4 Å².